The molecule has 0 aromatic heterocycles. The van der Waals surface area contributed by atoms with E-state index in [1.165, 1.54) is 25.9 Å². The van der Waals surface area contributed by atoms with E-state index in [-0.39, 0.29) is 10.8 Å². The lowest BCUT2D eigenvalue weighted by atomic mass is 9.99. The molecule has 2 aliphatic heterocycles. The number of likely N-dealkylation sites (tertiary alicyclic amines) is 1. The summed E-state index contributed by atoms with van der Waals surface area (Å²) in [6.45, 7) is 6.19. The maximum absolute atomic E-state index is 12.5. The number of anilines is 1. The molecule has 3 N–H and O–H groups in total. The van der Waals surface area contributed by atoms with Crippen molar-refractivity contribution < 1.29 is 18.1 Å². The van der Waals surface area contributed by atoms with E-state index in [4.69, 9.17) is 0 Å². The largest absolute Gasteiger partial charge is 0.335 e. The lowest BCUT2D eigenvalue weighted by Gasteiger charge is -2.27. The molecule has 0 unspecified atom stereocenters. The average molecular weight is 367 g/mol. The fourth-order valence-corrected chi connectivity index (χ4v) is 4.70. The van der Waals surface area contributed by atoms with Gasteiger partial charge < -0.3 is 10.2 Å². The normalized spacial score (nSPS) is 23.8. The molecule has 1 aromatic carbocycles. The molecule has 0 atom stereocenters. The maximum atomic E-state index is 12.5. The van der Waals surface area contributed by atoms with E-state index in [0.717, 1.165) is 30.1 Å². The molecule has 138 valence electrons. The smallest absolute Gasteiger partial charge is 0.240 e. The van der Waals surface area contributed by atoms with Crippen LogP contribution < -0.4 is 14.9 Å². The minimum Gasteiger partial charge on any atom is -0.335 e. The van der Waals surface area contributed by atoms with Crippen molar-refractivity contribution in [3.05, 3.63) is 23.8 Å². The zero-order valence-corrected chi connectivity index (χ0v) is 15.6. The van der Waals surface area contributed by atoms with Crippen LogP contribution >= 0.6 is 0 Å². The number of piperidine rings is 1. The van der Waals surface area contributed by atoms with E-state index in [9.17, 15) is 13.2 Å². The van der Waals surface area contributed by atoms with Crippen molar-refractivity contribution in [2.75, 3.05) is 31.5 Å². The Hall–Kier alpha value is -1.44. The number of fused-ring (bicyclic) bond motifs is 1. The molecule has 0 radical (unpaired) electrons. The predicted octanol–water partition coefficient (Wildman–Crippen LogP) is 0.555. The van der Waals surface area contributed by atoms with Crippen LogP contribution in [-0.2, 0) is 21.2 Å². The van der Waals surface area contributed by atoms with Crippen molar-refractivity contribution in [3.63, 3.8) is 0 Å². The number of rotatable bonds is 6. The summed E-state index contributed by atoms with van der Waals surface area (Å²) >= 11 is 0. The van der Waals surface area contributed by atoms with Gasteiger partial charge in [-0.3, -0.25) is 4.79 Å². The second-order valence-electron chi connectivity index (χ2n) is 7.30. The summed E-state index contributed by atoms with van der Waals surface area (Å²) in [4.78, 5) is 13.3. The van der Waals surface area contributed by atoms with Gasteiger partial charge in [0.2, 0.25) is 15.9 Å². The Morgan fingerprint density at radius 1 is 1.24 bits per heavy atom. The van der Waals surface area contributed by atoms with E-state index in [1.807, 2.05) is 0 Å². The number of hydrogen-bond acceptors (Lipinski definition) is 3. The molecule has 3 rings (SSSR count). The number of benzene rings is 1. The number of nitrogens with one attached hydrogen (secondary N) is 3. The highest BCUT2D eigenvalue weighted by atomic mass is 32.2. The maximum Gasteiger partial charge on any atom is 0.240 e. The molecule has 1 aromatic rings. The number of carbonyl (C=O) groups excluding carboxylic acids is 1. The van der Waals surface area contributed by atoms with E-state index >= 15 is 0 Å². The van der Waals surface area contributed by atoms with Gasteiger partial charge in [-0.15, -0.1) is 0 Å². The highest BCUT2D eigenvalue weighted by molar-refractivity contribution is 7.89. The molecule has 0 spiro atoms. The van der Waals surface area contributed by atoms with Gasteiger partial charge in [0, 0.05) is 25.1 Å². The lowest BCUT2D eigenvalue weighted by molar-refractivity contribution is -0.906. The van der Waals surface area contributed by atoms with Crippen LogP contribution in [0.3, 0.4) is 0 Å². The molecule has 7 heteroatoms. The molecule has 0 bridgehead atoms. The topological polar surface area (TPSA) is 79.7 Å². The molecule has 25 heavy (non-hydrogen) atoms. The number of amides is 1. The fraction of sp³-hybridized carbons (Fsp3) is 0.611. The van der Waals surface area contributed by atoms with Crippen molar-refractivity contribution >= 4 is 21.6 Å². The van der Waals surface area contributed by atoms with Gasteiger partial charge in [0.1, 0.15) is 0 Å². The van der Waals surface area contributed by atoms with Crippen molar-refractivity contribution in [2.45, 2.75) is 43.9 Å². The molecule has 2 heterocycles. The van der Waals surface area contributed by atoms with Crippen LogP contribution in [0.2, 0.25) is 0 Å². The number of hydrogen-bond donors (Lipinski definition) is 3. The Bertz CT molecular complexity index is 725. The molecule has 0 saturated carbocycles. The fourth-order valence-electron chi connectivity index (χ4n) is 3.58. The summed E-state index contributed by atoms with van der Waals surface area (Å²) < 4.78 is 27.7. The first-order valence-corrected chi connectivity index (χ1v) is 10.7. The van der Waals surface area contributed by atoms with Crippen LogP contribution in [0.4, 0.5) is 5.69 Å². The van der Waals surface area contributed by atoms with E-state index in [0.29, 0.717) is 19.4 Å². The highest BCUT2D eigenvalue weighted by Crippen LogP contribution is 2.25. The summed E-state index contributed by atoms with van der Waals surface area (Å²) in [5, 5.41) is 2.77. The van der Waals surface area contributed by atoms with Crippen LogP contribution in [0.5, 0.6) is 0 Å². The molecular weight excluding hydrogens is 338 g/mol. The predicted molar refractivity (Wildman–Crippen MR) is 97.2 cm³/mol. The monoisotopic (exact) mass is 366 g/mol. The number of carbonyl (C=O) groups is 1. The molecule has 2 aliphatic rings. The number of aryl methyl sites for hydroxylation is 1. The third-order valence-corrected chi connectivity index (χ3v) is 6.72. The Labute approximate surface area is 150 Å². The van der Waals surface area contributed by atoms with Crippen LogP contribution in [0.25, 0.3) is 0 Å². The summed E-state index contributed by atoms with van der Waals surface area (Å²) in [6, 6.07) is 4.92. The van der Waals surface area contributed by atoms with Gasteiger partial charge in [0.25, 0.3) is 0 Å². The summed E-state index contributed by atoms with van der Waals surface area (Å²) in [5.74, 6) is 0.812. The second kappa shape index (κ2) is 7.85. The standard InChI is InChI=1S/C18H27N3O3S/c1-14-7-11-21(12-8-14)10-2-9-19-25(23,24)16-4-5-17-15(13-16)3-6-18(22)20-17/h4-5,13-14,19H,2-3,6-12H2,1H3,(H,20,22)/p+1. The molecule has 1 amide bonds. The first kappa shape index (κ1) is 18.4. The summed E-state index contributed by atoms with van der Waals surface area (Å²) in [7, 11) is -3.49. The van der Waals surface area contributed by atoms with Gasteiger partial charge in [-0.2, -0.15) is 0 Å². The first-order valence-electron chi connectivity index (χ1n) is 9.20. The lowest BCUT2D eigenvalue weighted by Crippen LogP contribution is -3.13. The first-order chi connectivity index (χ1) is 11.9. The van der Waals surface area contributed by atoms with E-state index in [1.54, 1.807) is 23.1 Å². The zero-order valence-electron chi connectivity index (χ0n) is 14.8. The van der Waals surface area contributed by atoms with Crippen molar-refractivity contribution in [1.29, 1.82) is 0 Å². The molecule has 0 aliphatic carbocycles. The van der Waals surface area contributed by atoms with Gasteiger partial charge in [0.05, 0.1) is 24.5 Å². The highest BCUT2D eigenvalue weighted by Gasteiger charge is 2.21. The Morgan fingerprint density at radius 2 is 2.00 bits per heavy atom. The van der Waals surface area contributed by atoms with Crippen LogP contribution in [-0.4, -0.2) is 40.5 Å². The summed E-state index contributed by atoms with van der Waals surface area (Å²) in [5.41, 5.74) is 1.60. The van der Waals surface area contributed by atoms with Gasteiger partial charge in [-0.1, -0.05) is 6.92 Å². The average Bonchev–Trinajstić information content (AvgIpc) is 2.59. The van der Waals surface area contributed by atoms with E-state index < -0.39 is 10.0 Å². The number of sulfonamides is 1. The quantitative estimate of drug-likeness (QED) is 0.644. The van der Waals surface area contributed by atoms with Crippen molar-refractivity contribution in [1.82, 2.24) is 4.72 Å². The molecule has 1 fully saturated rings. The van der Waals surface area contributed by atoms with Gasteiger partial charge in [-0.25, -0.2) is 13.1 Å². The van der Waals surface area contributed by atoms with E-state index in [2.05, 4.69) is 17.0 Å². The molecular formula is C18H28N3O3S+. The van der Waals surface area contributed by atoms with Gasteiger partial charge in [0.15, 0.2) is 0 Å². The molecule has 1 saturated heterocycles. The molecule has 6 nitrogen and oxygen atoms in total. The van der Waals surface area contributed by atoms with Crippen molar-refractivity contribution in [2.24, 2.45) is 5.92 Å². The SMILES string of the molecule is CC1CC[NH+](CCCNS(=O)(=O)c2ccc3c(c2)CCC(=O)N3)CC1. The zero-order chi connectivity index (χ0) is 17.9. The van der Waals surface area contributed by atoms with Gasteiger partial charge in [-0.05, 0) is 48.9 Å². The number of quaternary nitrogens is 1. The second-order valence-corrected chi connectivity index (χ2v) is 9.07. The van der Waals surface area contributed by atoms with Crippen LogP contribution in [0.15, 0.2) is 23.1 Å². The van der Waals surface area contributed by atoms with Gasteiger partial charge >= 0.3 is 0 Å². The Kier molecular flexibility index (Phi) is 5.76. The minimum atomic E-state index is -3.49. The van der Waals surface area contributed by atoms with Crippen LogP contribution in [0.1, 0.15) is 38.2 Å². The summed E-state index contributed by atoms with van der Waals surface area (Å²) in [6.07, 6.45) is 4.38. The third kappa shape index (κ3) is 4.80. The van der Waals surface area contributed by atoms with Crippen LogP contribution in [0, 0.1) is 5.92 Å². The third-order valence-electron chi connectivity index (χ3n) is 5.26. The minimum absolute atomic E-state index is 0.0177. The van der Waals surface area contributed by atoms with Crippen molar-refractivity contribution in [3.8, 4) is 0 Å². The Morgan fingerprint density at radius 3 is 2.76 bits per heavy atom. The Balaban J connectivity index is 1.51.